The van der Waals surface area contributed by atoms with Gasteiger partial charge in [-0.25, -0.2) is 0 Å². The van der Waals surface area contributed by atoms with E-state index in [9.17, 15) is 19.8 Å². The fourth-order valence-electron chi connectivity index (χ4n) is 2.94. The summed E-state index contributed by atoms with van der Waals surface area (Å²) in [6, 6.07) is 9.32. The monoisotopic (exact) mass is 436 g/mol. The first-order chi connectivity index (χ1) is 12.7. The minimum atomic E-state index is -2.21. The van der Waals surface area contributed by atoms with Crippen LogP contribution in [0.4, 0.5) is 0 Å². The van der Waals surface area contributed by atoms with E-state index in [1.807, 2.05) is 0 Å². The predicted molar refractivity (Wildman–Crippen MR) is 97.6 cm³/mol. The molecule has 0 spiro atoms. The van der Waals surface area contributed by atoms with Crippen molar-refractivity contribution in [2.45, 2.75) is 25.6 Å². The Bertz CT molecular complexity index is 890. The summed E-state index contributed by atoms with van der Waals surface area (Å²) >= 11 is 3.28. The van der Waals surface area contributed by atoms with Gasteiger partial charge in [0.1, 0.15) is 28.3 Å². The first-order valence-electron chi connectivity index (χ1n) is 8.07. The number of carbonyl (C=O) groups is 2. The lowest BCUT2D eigenvalue weighted by molar-refractivity contribution is -0.202. The summed E-state index contributed by atoms with van der Waals surface area (Å²) in [5.74, 6) is -3.15. The number of aliphatic hydroxyl groups is 2. The fraction of sp³-hybridized carbons (Fsp3) is 0.263. The van der Waals surface area contributed by atoms with E-state index in [1.54, 1.807) is 24.3 Å². The number of hydrogen-bond acceptors (Lipinski definition) is 7. The van der Waals surface area contributed by atoms with Crippen LogP contribution in [0.5, 0.6) is 17.2 Å². The number of fused-ring (bicyclic) bond motifs is 1. The molecule has 0 fully saturated rings. The van der Waals surface area contributed by atoms with Crippen LogP contribution in [-0.2, 0) is 15.4 Å². The summed E-state index contributed by atoms with van der Waals surface area (Å²) in [6.07, 6.45) is 0. The van der Waals surface area contributed by atoms with Gasteiger partial charge in [-0.1, -0.05) is 12.1 Å². The van der Waals surface area contributed by atoms with E-state index in [2.05, 4.69) is 15.9 Å². The standard InChI is InChI=1S/C19H17BrO7/c1-10(21)26-13-5-3-12(4-6-13)15-9-25-18-14(19(15,23)24)7-8-16(17(18)20)27-11(2)22/h3-8,15,23-24H,9H2,1-2H3. The van der Waals surface area contributed by atoms with Crippen LogP contribution < -0.4 is 14.2 Å². The molecule has 8 heteroatoms. The molecule has 1 aliphatic heterocycles. The van der Waals surface area contributed by atoms with Crippen molar-refractivity contribution in [2.75, 3.05) is 6.61 Å². The Labute approximate surface area is 163 Å². The first kappa shape index (κ1) is 19.3. The molecule has 2 N–H and O–H groups in total. The van der Waals surface area contributed by atoms with Crippen LogP contribution in [0.1, 0.15) is 30.9 Å². The minimum Gasteiger partial charge on any atom is -0.491 e. The van der Waals surface area contributed by atoms with Crippen LogP contribution in [0, 0.1) is 0 Å². The van der Waals surface area contributed by atoms with Crippen LogP contribution in [0.2, 0.25) is 0 Å². The highest BCUT2D eigenvalue weighted by Crippen LogP contribution is 2.49. The zero-order chi connectivity index (χ0) is 19.8. The Morgan fingerprint density at radius 2 is 1.70 bits per heavy atom. The largest absolute Gasteiger partial charge is 0.491 e. The Morgan fingerprint density at radius 1 is 1.07 bits per heavy atom. The summed E-state index contributed by atoms with van der Waals surface area (Å²) in [7, 11) is 0. The first-order valence-corrected chi connectivity index (χ1v) is 8.86. The van der Waals surface area contributed by atoms with E-state index in [0.29, 0.717) is 15.8 Å². The number of ether oxygens (including phenoxy) is 3. The third kappa shape index (κ3) is 3.83. The van der Waals surface area contributed by atoms with Crippen LogP contribution >= 0.6 is 15.9 Å². The van der Waals surface area contributed by atoms with Crippen molar-refractivity contribution in [1.82, 2.24) is 0 Å². The van der Waals surface area contributed by atoms with Crippen molar-refractivity contribution in [3.05, 3.63) is 52.0 Å². The van der Waals surface area contributed by atoms with Gasteiger partial charge in [-0.05, 0) is 45.8 Å². The maximum Gasteiger partial charge on any atom is 0.308 e. The lowest BCUT2D eigenvalue weighted by Gasteiger charge is -2.37. The van der Waals surface area contributed by atoms with Crippen molar-refractivity contribution in [1.29, 1.82) is 0 Å². The summed E-state index contributed by atoms with van der Waals surface area (Å²) in [5.41, 5.74) is 0.743. The molecule has 0 bridgehead atoms. The van der Waals surface area contributed by atoms with E-state index in [0.717, 1.165) is 0 Å². The van der Waals surface area contributed by atoms with Crippen molar-refractivity contribution in [2.24, 2.45) is 0 Å². The van der Waals surface area contributed by atoms with Gasteiger partial charge < -0.3 is 24.4 Å². The highest BCUT2D eigenvalue weighted by molar-refractivity contribution is 9.10. The molecule has 3 rings (SSSR count). The van der Waals surface area contributed by atoms with Gasteiger partial charge in [-0.15, -0.1) is 0 Å². The number of halogens is 1. The highest BCUT2D eigenvalue weighted by atomic mass is 79.9. The van der Waals surface area contributed by atoms with Crippen LogP contribution in [0.3, 0.4) is 0 Å². The number of esters is 2. The molecule has 1 aliphatic rings. The Morgan fingerprint density at radius 3 is 2.30 bits per heavy atom. The van der Waals surface area contributed by atoms with E-state index in [4.69, 9.17) is 14.2 Å². The van der Waals surface area contributed by atoms with E-state index < -0.39 is 23.6 Å². The number of hydrogen-bond donors (Lipinski definition) is 2. The molecule has 7 nitrogen and oxygen atoms in total. The number of benzene rings is 2. The van der Waals surface area contributed by atoms with Crippen LogP contribution in [0.25, 0.3) is 0 Å². The van der Waals surface area contributed by atoms with Gasteiger partial charge in [-0.3, -0.25) is 9.59 Å². The van der Waals surface area contributed by atoms with E-state index >= 15 is 0 Å². The fourth-order valence-corrected chi connectivity index (χ4v) is 3.48. The van der Waals surface area contributed by atoms with Crippen molar-refractivity contribution < 1.29 is 34.0 Å². The third-order valence-electron chi connectivity index (χ3n) is 4.14. The lowest BCUT2D eigenvalue weighted by atomic mass is 9.84. The summed E-state index contributed by atoms with van der Waals surface area (Å²) in [5, 5.41) is 21.6. The summed E-state index contributed by atoms with van der Waals surface area (Å²) < 4.78 is 16.1. The van der Waals surface area contributed by atoms with E-state index in [-0.39, 0.29) is 23.7 Å². The van der Waals surface area contributed by atoms with Gasteiger partial charge in [0, 0.05) is 13.8 Å². The second kappa shape index (κ2) is 7.30. The average Bonchev–Trinajstić information content (AvgIpc) is 2.57. The molecule has 2 aromatic rings. The second-order valence-corrected chi connectivity index (χ2v) is 6.89. The molecule has 142 valence electrons. The van der Waals surface area contributed by atoms with Gasteiger partial charge in [0.25, 0.3) is 0 Å². The topological polar surface area (TPSA) is 102 Å². The quantitative estimate of drug-likeness (QED) is 0.433. The van der Waals surface area contributed by atoms with Gasteiger partial charge in [0.15, 0.2) is 0 Å². The predicted octanol–water partition coefficient (Wildman–Crippen LogP) is 2.61. The molecule has 0 radical (unpaired) electrons. The van der Waals surface area contributed by atoms with Crippen LogP contribution in [0.15, 0.2) is 40.9 Å². The molecule has 0 saturated carbocycles. The number of rotatable bonds is 3. The molecule has 0 aliphatic carbocycles. The van der Waals surface area contributed by atoms with Crippen molar-refractivity contribution in [3.63, 3.8) is 0 Å². The second-order valence-electron chi connectivity index (χ2n) is 6.10. The minimum absolute atomic E-state index is 0.0188. The Balaban J connectivity index is 1.93. The molecule has 2 aromatic carbocycles. The number of carbonyl (C=O) groups excluding carboxylic acids is 2. The van der Waals surface area contributed by atoms with Gasteiger partial charge in [-0.2, -0.15) is 0 Å². The van der Waals surface area contributed by atoms with Crippen LogP contribution in [-0.4, -0.2) is 28.8 Å². The highest BCUT2D eigenvalue weighted by Gasteiger charge is 2.45. The molecule has 1 unspecified atom stereocenters. The molecular weight excluding hydrogens is 420 g/mol. The van der Waals surface area contributed by atoms with Gasteiger partial charge >= 0.3 is 11.9 Å². The molecule has 1 heterocycles. The third-order valence-corrected chi connectivity index (χ3v) is 4.89. The van der Waals surface area contributed by atoms with E-state index in [1.165, 1.54) is 26.0 Å². The molecule has 0 amide bonds. The van der Waals surface area contributed by atoms with Gasteiger partial charge in [0.2, 0.25) is 5.79 Å². The SMILES string of the molecule is CC(=O)Oc1ccc(C2COc3c(ccc(OC(C)=O)c3Br)C2(O)O)cc1. The smallest absolute Gasteiger partial charge is 0.308 e. The summed E-state index contributed by atoms with van der Waals surface area (Å²) in [4.78, 5) is 22.2. The Hall–Kier alpha value is -2.42. The lowest BCUT2D eigenvalue weighted by Crippen LogP contribution is -2.40. The van der Waals surface area contributed by atoms with Crippen molar-refractivity contribution >= 4 is 27.9 Å². The summed E-state index contributed by atoms with van der Waals surface area (Å²) in [6.45, 7) is 2.55. The maximum atomic E-state index is 11.2. The molecular formula is C19H17BrO7. The molecule has 0 aromatic heterocycles. The molecule has 1 atom stereocenters. The molecule has 0 saturated heterocycles. The normalized spacial score (nSPS) is 17.4. The Kier molecular flexibility index (Phi) is 5.23. The maximum absolute atomic E-state index is 11.2. The molecule has 27 heavy (non-hydrogen) atoms. The zero-order valence-electron chi connectivity index (χ0n) is 14.6. The zero-order valence-corrected chi connectivity index (χ0v) is 16.1. The van der Waals surface area contributed by atoms with Gasteiger partial charge in [0.05, 0.1) is 11.5 Å². The van der Waals surface area contributed by atoms with Crippen molar-refractivity contribution in [3.8, 4) is 17.2 Å². The average molecular weight is 437 g/mol.